The first-order valence-corrected chi connectivity index (χ1v) is 5.84. The van der Waals surface area contributed by atoms with Crippen LogP contribution in [0, 0.1) is 0 Å². The zero-order valence-electron chi connectivity index (χ0n) is 10.9. The quantitative estimate of drug-likeness (QED) is 0.785. The van der Waals surface area contributed by atoms with Gasteiger partial charge in [-0.05, 0) is 18.2 Å². The molecule has 21 heavy (non-hydrogen) atoms. The van der Waals surface area contributed by atoms with Crippen LogP contribution >= 0.6 is 0 Å². The van der Waals surface area contributed by atoms with Crippen LogP contribution in [0.5, 0.6) is 0 Å². The van der Waals surface area contributed by atoms with Crippen LogP contribution in [0.3, 0.4) is 0 Å². The highest BCUT2D eigenvalue weighted by Gasteiger charge is 2.16. The number of nitrogens with one attached hydrogen (secondary N) is 2. The first-order valence-electron chi connectivity index (χ1n) is 5.84. The molecule has 2 rings (SSSR count). The van der Waals surface area contributed by atoms with Crippen LogP contribution < -0.4 is 10.6 Å². The molecular formula is C13H11N3O5. The van der Waals surface area contributed by atoms with Crippen molar-refractivity contribution in [3.63, 3.8) is 0 Å². The largest absolute Gasteiger partial charge is 0.478 e. The van der Waals surface area contributed by atoms with E-state index >= 15 is 0 Å². The highest BCUT2D eigenvalue weighted by atomic mass is 16.5. The molecule has 1 heterocycles. The maximum Gasteiger partial charge on any atom is 0.337 e. The van der Waals surface area contributed by atoms with Gasteiger partial charge >= 0.3 is 5.97 Å². The number of aromatic nitrogens is 1. The summed E-state index contributed by atoms with van der Waals surface area (Å²) in [6.07, 6.45) is 1.30. The first kappa shape index (κ1) is 14.3. The predicted octanol–water partition coefficient (Wildman–Crippen LogP) is 1.58. The number of rotatable bonds is 4. The average Bonchev–Trinajstić information content (AvgIpc) is 2.93. The van der Waals surface area contributed by atoms with Gasteiger partial charge in [-0.25, -0.2) is 4.79 Å². The van der Waals surface area contributed by atoms with E-state index in [1.807, 2.05) is 0 Å². The summed E-state index contributed by atoms with van der Waals surface area (Å²) in [5.41, 5.74) is 0.240. The number of aromatic carboxylic acids is 1. The Hall–Kier alpha value is -3.16. The number of carboxylic acid groups (broad SMARTS) is 1. The molecule has 2 amide bonds. The molecule has 108 valence electrons. The summed E-state index contributed by atoms with van der Waals surface area (Å²) < 4.78 is 4.68. The van der Waals surface area contributed by atoms with Crippen molar-refractivity contribution in [3.8, 4) is 0 Å². The van der Waals surface area contributed by atoms with Gasteiger partial charge in [0.1, 0.15) is 0 Å². The molecule has 0 bridgehead atoms. The van der Waals surface area contributed by atoms with E-state index < -0.39 is 11.9 Å². The predicted molar refractivity (Wildman–Crippen MR) is 72.2 cm³/mol. The molecule has 8 heteroatoms. The van der Waals surface area contributed by atoms with Crippen molar-refractivity contribution in [1.82, 2.24) is 5.16 Å². The summed E-state index contributed by atoms with van der Waals surface area (Å²) in [7, 11) is 0. The van der Waals surface area contributed by atoms with E-state index in [9.17, 15) is 14.4 Å². The molecule has 1 aromatic carbocycles. The topological polar surface area (TPSA) is 122 Å². The molecule has 2 aromatic rings. The van der Waals surface area contributed by atoms with Crippen LogP contribution in [0.25, 0.3) is 0 Å². The number of carbonyl (C=O) groups is 3. The van der Waals surface area contributed by atoms with Gasteiger partial charge in [0.05, 0.1) is 17.4 Å². The molecule has 0 aliphatic rings. The van der Waals surface area contributed by atoms with Crippen molar-refractivity contribution in [3.05, 3.63) is 41.8 Å². The van der Waals surface area contributed by atoms with E-state index in [1.54, 1.807) is 0 Å². The number of amides is 2. The fraction of sp³-hybridized carbons (Fsp3) is 0.0769. The van der Waals surface area contributed by atoms with E-state index in [-0.39, 0.29) is 22.9 Å². The molecule has 0 radical (unpaired) electrons. The Labute approximate surface area is 118 Å². The first-order chi connectivity index (χ1) is 9.97. The van der Waals surface area contributed by atoms with E-state index in [0.29, 0.717) is 5.69 Å². The number of carbonyl (C=O) groups excluding carboxylic acids is 2. The average molecular weight is 289 g/mol. The van der Waals surface area contributed by atoms with Crippen molar-refractivity contribution >= 4 is 29.2 Å². The van der Waals surface area contributed by atoms with Crippen LogP contribution in [0.2, 0.25) is 0 Å². The van der Waals surface area contributed by atoms with Crippen molar-refractivity contribution in [2.75, 3.05) is 10.6 Å². The van der Waals surface area contributed by atoms with Gasteiger partial charge in [0.2, 0.25) is 11.7 Å². The number of benzene rings is 1. The summed E-state index contributed by atoms with van der Waals surface area (Å²) in [5, 5.41) is 17.4. The molecule has 0 aliphatic heterocycles. The van der Waals surface area contributed by atoms with Gasteiger partial charge < -0.3 is 20.3 Å². The zero-order chi connectivity index (χ0) is 15.4. The van der Waals surface area contributed by atoms with Crippen LogP contribution in [0.4, 0.5) is 11.4 Å². The van der Waals surface area contributed by atoms with Gasteiger partial charge in [0.25, 0.3) is 5.91 Å². The minimum Gasteiger partial charge on any atom is -0.478 e. The van der Waals surface area contributed by atoms with Gasteiger partial charge in [0, 0.05) is 18.7 Å². The summed E-state index contributed by atoms with van der Waals surface area (Å²) in [6.45, 7) is 1.31. The summed E-state index contributed by atoms with van der Waals surface area (Å²) >= 11 is 0. The highest BCUT2D eigenvalue weighted by Crippen LogP contribution is 2.21. The molecule has 0 saturated carbocycles. The van der Waals surface area contributed by atoms with Gasteiger partial charge in [-0.2, -0.15) is 0 Å². The van der Waals surface area contributed by atoms with Crippen LogP contribution in [-0.4, -0.2) is 28.0 Å². The van der Waals surface area contributed by atoms with E-state index in [1.165, 1.54) is 37.4 Å². The maximum absolute atomic E-state index is 11.8. The Bertz CT molecular complexity index is 694. The lowest BCUT2D eigenvalue weighted by Crippen LogP contribution is -2.15. The molecule has 8 nitrogen and oxygen atoms in total. The summed E-state index contributed by atoms with van der Waals surface area (Å²) in [6, 6.07) is 5.45. The number of carboxylic acids is 1. The Balaban J connectivity index is 2.28. The Morgan fingerprint density at radius 3 is 2.52 bits per heavy atom. The molecule has 3 N–H and O–H groups in total. The van der Waals surface area contributed by atoms with Crippen molar-refractivity contribution in [2.24, 2.45) is 0 Å². The van der Waals surface area contributed by atoms with E-state index in [2.05, 4.69) is 20.3 Å². The molecule has 0 saturated heterocycles. The second kappa shape index (κ2) is 5.87. The lowest BCUT2D eigenvalue weighted by Gasteiger charge is -2.09. The minimum absolute atomic E-state index is 0.0442. The lowest BCUT2D eigenvalue weighted by atomic mass is 10.1. The molecule has 0 atom stereocenters. The molecule has 0 unspecified atom stereocenters. The Kier molecular flexibility index (Phi) is 3.98. The standard InChI is InChI=1S/C13H11N3O5/c1-7(17)15-8-2-3-10(9(6-8)13(19)20)16-12(18)11-4-5-14-21-11/h2-6H,1H3,(H,15,17)(H,16,18)(H,19,20). The number of hydrogen-bond donors (Lipinski definition) is 3. The highest BCUT2D eigenvalue weighted by molar-refractivity contribution is 6.07. The Morgan fingerprint density at radius 2 is 1.95 bits per heavy atom. The third-order valence-corrected chi connectivity index (χ3v) is 2.48. The molecule has 0 spiro atoms. The second-order valence-corrected chi connectivity index (χ2v) is 4.08. The second-order valence-electron chi connectivity index (χ2n) is 4.08. The Morgan fingerprint density at radius 1 is 1.19 bits per heavy atom. The fourth-order valence-corrected chi connectivity index (χ4v) is 1.63. The van der Waals surface area contributed by atoms with Crippen LogP contribution in [-0.2, 0) is 4.79 Å². The van der Waals surface area contributed by atoms with Gasteiger partial charge in [-0.15, -0.1) is 0 Å². The van der Waals surface area contributed by atoms with E-state index in [0.717, 1.165) is 0 Å². The maximum atomic E-state index is 11.8. The van der Waals surface area contributed by atoms with Crippen molar-refractivity contribution in [1.29, 1.82) is 0 Å². The summed E-state index contributed by atoms with van der Waals surface area (Å²) in [4.78, 5) is 34.0. The van der Waals surface area contributed by atoms with Crippen LogP contribution in [0.15, 0.2) is 35.0 Å². The van der Waals surface area contributed by atoms with Gasteiger partial charge in [-0.3, -0.25) is 9.59 Å². The fourth-order valence-electron chi connectivity index (χ4n) is 1.63. The van der Waals surface area contributed by atoms with Gasteiger partial charge in [0.15, 0.2) is 0 Å². The van der Waals surface area contributed by atoms with Crippen molar-refractivity contribution in [2.45, 2.75) is 6.92 Å². The van der Waals surface area contributed by atoms with Gasteiger partial charge in [-0.1, -0.05) is 5.16 Å². The monoisotopic (exact) mass is 289 g/mol. The third kappa shape index (κ3) is 3.44. The van der Waals surface area contributed by atoms with E-state index in [4.69, 9.17) is 5.11 Å². The lowest BCUT2D eigenvalue weighted by molar-refractivity contribution is -0.114. The van der Waals surface area contributed by atoms with Crippen LogP contribution in [0.1, 0.15) is 27.8 Å². The minimum atomic E-state index is -1.24. The number of nitrogens with zero attached hydrogens (tertiary/aromatic N) is 1. The summed E-state index contributed by atoms with van der Waals surface area (Å²) in [5.74, 6) is -2.24. The van der Waals surface area contributed by atoms with Crippen molar-refractivity contribution < 1.29 is 24.0 Å². The molecule has 0 fully saturated rings. The normalized spacial score (nSPS) is 9.95. The zero-order valence-corrected chi connectivity index (χ0v) is 10.9. The third-order valence-electron chi connectivity index (χ3n) is 2.48. The molecular weight excluding hydrogens is 278 g/mol. The number of anilines is 2. The number of hydrogen-bond acceptors (Lipinski definition) is 5. The smallest absolute Gasteiger partial charge is 0.337 e. The molecule has 0 aliphatic carbocycles. The SMILES string of the molecule is CC(=O)Nc1ccc(NC(=O)c2ccno2)c(C(=O)O)c1. The molecule has 1 aromatic heterocycles.